The largest absolute Gasteiger partial charge is 0.464 e. The molecule has 0 spiro atoms. The number of amides is 1. The van der Waals surface area contributed by atoms with Crippen molar-refractivity contribution in [2.45, 2.75) is 0 Å². The molecule has 4 aromatic heterocycles. The number of ether oxygens (including phenoxy) is 3. The number of methoxy groups -OCH3 is 1. The van der Waals surface area contributed by atoms with Crippen LogP contribution >= 0.6 is 31.9 Å². The van der Waals surface area contributed by atoms with Crippen molar-refractivity contribution in [1.82, 2.24) is 29.5 Å². The first-order chi connectivity index (χ1) is 26.2. The molecule has 0 saturated carbocycles. The Kier molecular flexibility index (Phi) is 11.8. The summed E-state index contributed by atoms with van der Waals surface area (Å²) in [5.41, 5.74) is 10.7. The molecule has 0 aliphatic carbocycles. The predicted molar refractivity (Wildman–Crippen MR) is 206 cm³/mol. The molecule has 0 bridgehead atoms. The number of anilines is 2. The molecule has 8 rings (SSSR count). The molecule has 53 heavy (non-hydrogen) atoms. The molecule has 2 aromatic carbocycles. The quantitative estimate of drug-likeness (QED) is 0.211. The average molecular weight is 855 g/mol. The van der Waals surface area contributed by atoms with Crippen LogP contribution in [0.1, 0.15) is 22.3 Å². The fourth-order valence-corrected chi connectivity index (χ4v) is 6.75. The summed E-state index contributed by atoms with van der Waals surface area (Å²) in [7, 11) is 0.353. The molecule has 276 valence electrons. The van der Waals surface area contributed by atoms with Crippen LogP contribution in [0.5, 0.6) is 0 Å². The number of primary amides is 1. The Morgan fingerprint density at radius 1 is 0.755 bits per heavy atom. The van der Waals surface area contributed by atoms with Gasteiger partial charge in [0.1, 0.15) is 0 Å². The summed E-state index contributed by atoms with van der Waals surface area (Å²) in [4.78, 5) is 37.7. The van der Waals surface area contributed by atoms with Crippen molar-refractivity contribution in [1.29, 1.82) is 0 Å². The third-order valence-electron chi connectivity index (χ3n) is 8.49. The maximum absolute atomic E-state index is 12.3. The second-order valence-corrected chi connectivity index (χ2v) is 13.5. The van der Waals surface area contributed by atoms with Gasteiger partial charge in [-0.2, -0.15) is 10.2 Å². The van der Waals surface area contributed by atoms with E-state index >= 15 is 0 Å². The molecule has 0 radical (unpaired) electrons. The van der Waals surface area contributed by atoms with Gasteiger partial charge in [0, 0.05) is 35.1 Å². The van der Waals surface area contributed by atoms with Gasteiger partial charge in [0.2, 0.25) is 0 Å². The van der Waals surface area contributed by atoms with Gasteiger partial charge in [-0.25, -0.2) is 24.1 Å². The summed E-state index contributed by atoms with van der Waals surface area (Å²) in [5.74, 6) is -1.05. The van der Waals surface area contributed by atoms with Gasteiger partial charge in [-0.05, 0) is 48.5 Å². The van der Waals surface area contributed by atoms with Gasteiger partial charge >= 0.3 is 5.97 Å². The van der Waals surface area contributed by atoms with Crippen molar-refractivity contribution >= 4 is 77.2 Å². The second-order valence-electron chi connectivity index (χ2n) is 11.7. The van der Waals surface area contributed by atoms with Crippen molar-refractivity contribution in [2.75, 3.05) is 76.7 Å². The summed E-state index contributed by atoms with van der Waals surface area (Å²) in [5, 5.41) is 10.2. The molecule has 6 heterocycles. The maximum Gasteiger partial charge on any atom is 0.359 e. The van der Waals surface area contributed by atoms with Gasteiger partial charge in [0.05, 0.1) is 88.0 Å². The molecule has 2 aliphatic heterocycles. The molecular weight excluding hydrogens is 817 g/mol. The topological polar surface area (TPSA) is 156 Å². The zero-order valence-corrected chi connectivity index (χ0v) is 31.8. The Labute approximate surface area is 322 Å². The monoisotopic (exact) mass is 852 g/mol. The van der Waals surface area contributed by atoms with Gasteiger partial charge in [-0.1, -0.05) is 44.0 Å². The van der Waals surface area contributed by atoms with Crippen LogP contribution in [0.2, 0.25) is 0 Å². The lowest BCUT2D eigenvalue weighted by Crippen LogP contribution is -2.36. The molecule has 2 fully saturated rings. The lowest BCUT2D eigenvalue weighted by molar-refractivity contribution is 0.0595. The number of rotatable bonds is 6. The van der Waals surface area contributed by atoms with Crippen LogP contribution in [0.15, 0.2) is 82.0 Å². The standard InChI is InChI=1S/C18H17BrN4O3.C17H16BrN5O2.CH3F/c1-25-18(24)16-15-10-14(22-5-7-26-8-6-22)11-20-17(15)23(21-16)13-4-2-3-12(19)9-13;18-11-2-1-3-12(8-11)23-17-14(15(21-23)16(19)24)9-13(10-20-17)22-4-6-25-7-5-22;1-2/h2-4,9-11H,5-8H2,1H3;1-3,8-10H,4-7H2,(H2,19,24);1H3/i;;1D. The third-order valence-corrected chi connectivity index (χ3v) is 9.47. The van der Waals surface area contributed by atoms with E-state index in [1.54, 1.807) is 15.6 Å². The van der Waals surface area contributed by atoms with Crippen molar-refractivity contribution in [3.63, 3.8) is 0 Å². The second kappa shape index (κ2) is 17.2. The number of hydrogen-bond acceptors (Lipinski definition) is 11. The normalized spacial score (nSPS) is 14.5. The summed E-state index contributed by atoms with van der Waals surface area (Å²) >= 11 is 6.92. The van der Waals surface area contributed by atoms with Gasteiger partial charge in [0.15, 0.2) is 22.7 Å². The number of nitrogens with two attached hydrogens (primary N) is 1. The number of morpholine rings is 2. The number of hydrogen-bond donors (Lipinski definition) is 1. The van der Waals surface area contributed by atoms with Crippen LogP contribution in [-0.4, -0.2) is 108 Å². The highest BCUT2D eigenvalue weighted by Crippen LogP contribution is 2.28. The Hall–Kier alpha value is -4.97. The SMILES string of the molecule is COC(=O)c1nn(-c2cccc(Br)c2)c2ncc(N3CCOCC3)cc12.NC(=O)c1nn(-c2cccc(Br)c2)c2ncc(N3CCOCC3)cc12.[2H]CF. The van der Waals surface area contributed by atoms with Gasteiger partial charge in [-0.15, -0.1) is 0 Å². The smallest absolute Gasteiger partial charge is 0.359 e. The van der Waals surface area contributed by atoms with E-state index < -0.39 is 19.0 Å². The Morgan fingerprint density at radius 3 is 1.60 bits per heavy atom. The van der Waals surface area contributed by atoms with Crippen molar-refractivity contribution in [3.8, 4) is 11.4 Å². The first-order valence-corrected chi connectivity index (χ1v) is 18.0. The third kappa shape index (κ3) is 8.32. The van der Waals surface area contributed by atoms with E-state index in [4.69, 9.17) is 21.3 Å². The van der Waals surface area contributed by atoms with Crippen molar-refractivity contribution < 1.29 is 29.6 Å². The first-order valence-electron chi connectivity index (χ1n) is 17.1. The van der Waals surface area contributed by atoms with E-state index in [0.29, 0.717) is 48.5 Å². The van der Waals surface area contributed by atoms with Gasteiger partial charge in [-0.3, -0.25) is 9.18 Å². The minimum atomic E-state index is -1.00. The lowest BCUT2D eigenvalue weighted by atomic mass is 10.2. The molecular formula is C36H36Br2FN9O5. The number of nitrogens with zero attached hydrogens (tertiary/aromatic N) is 8. The predicted octanol–water partition coefficient (Wildman–Crippen LogP) is 5.51. The number of halogens is 3. The lowest BCUT2D eigenvalue weighted by Gasteiger charge is -2.28. The number of pyridine rings is 2. The van der Waals surface area contributed by atoms with Crippen LogP contribution in [0, 0.1) is 0 Å². The number of aromatic nitrogens is 6. The Balaban J connectivity index is 0.000000172. The highest BCUT2D eigenvalue weighted by molar-refractivity contribution is 9.10. The minimum Gasteiger partial charge on any atom is -0.464 e. The fraction of sp³-hybridized carbons (Fsp3) is 0.278. The van der Waals surface area contributed by atoms with Crippen LogP contribution in [-0.2, 0) is 14.2 Å². The molecule has 6 aromatic rings. The number of benzene rings is 2. The zero-order valence-electron chi connectivity index (χ0n) is 29.6. The summed E-state index contributed by atoms with van der Waals surface area (Å²) in [6.45, 7) is 5.88. The van der Waals surface area contributed by atoms with Crippen molar-refractivity contribution in [2.24, 2.45) is 5.73 Å². The molecule has 0 atom stereocenters. The summed E-state index contributed by atoms with van der Waals surface area (Å²) in [6.07, 6.45) is 3.61. The summed E-state index contributed by atoms with van der Waals surface area (Å²) < 4.78 is 36.3. The molecule has 14 nitrogen and oxygen atoms in total. The Morgan fingerprint density at radius 2 is 1.19 bits per heavy atom. The molecule has 2 aliphatic rings. The zero-order chi connectivity index (χ0) is 38.2. The van der Waals surface area contributed by atoms with E-state index in [1.807, 2.05) is 66.9 Å². The number of carbonyl (C=O) groups is 2. The van der Waals surface area contributed by atoms with Crippen LogP contribution < -0.4 is 15.5 Å². The Bertz CT molecular complexity index is 2260. The number of esters is 1. The van der Waals surface area contributed by atoms with Crippen LogP contribution in [0.3, 0.4) is 0 Å². The molecule has 0 unspecified atom stereocenters. The number of alkyl halides is 1. The van der Waals surface area contributed by atoms with E-state index in [9.17, 15) is 14.0 Å². The number of carbonyl (C=O) groups excluding carboxylic acids is 2. The maximum atomic E-state index is 12.3. The molecule has 17 heteroatoms. The van der Waals surface area contributed by atoms with Crippen LogP contribution in [0.4, 0.5) is 15.8 Å². The highest BCUT2D eigenvalue weighted by Gasteiger charge is 2.23. The molecule has 2 saturated heterocycles. The van der Waals surface area contributed by atoms with Gasteiger partial charge < -0.3 is 29.7 Å². The first kappa shape index (κ1) is 36.4. The highest BCUT2D eigenvalue weighted by atomic mass is 79.9. The average Bonchev–Trinajstić information content (AvgIpc) is 3.78. The molecule has 2 N–H and O–H groups in total. The number of fused-ring (bicyclic) bond motifs is 2. The van der Waals surface area contributed by atoms with E-state index in [0.717, 1.165) is 57.9 Å². The van der Waals surface area contributed by atoms with E-state index in [-0.39, 0.29) is 11.4 Å². The van der Waals surface area contributed by atoms with Crippen LogP contribution in [0.25, 0.3) is 33.4 Å². The van der Waals surface area contributed by atoms with E-state index in [1.165, 1.54) is 7.11 Å². The summed E-state index contributed by atoms with van der Waals surface area (Å²) in [6, 6.07) is 19.2. The molecule has 1 amide bonds. The van der Waals surface area contributed by atoms with E-state index in [2.05, 4.69) is 61.8 Å². The fourth-order valence-electron chi connectivity index (χ4n) is 5.98. The van der Waals surface area contributed by atoms with Gasteiger partial charge in [0.25, 0.3) is 5.91 Å². The van der Waals surface area contributed by atoms with Crippen molar-refractivity contribution in [3.05, 3.63) is 93.4 Å². The minimum absolute atomic E-state index is 0.220.